The lowest BCUT2D eigenvalue weighted by molar-refractivity contribution is 0.470. The van der Waals surface area contributed by atoms with E-state index in [2.05, 4.69) is 27.2 Å². The molecule has 16 heavy (non-hydrogen) atoms. The first kappa shape index (κ1) is 12.0. The SMILES string of the molecule is CSCCC(N)c1nc2cc(Br)ccc2o1. The normalized spacial score (nSPS) is 13.2. The Hall–Kier alpha value is -0.520. The average Bonchev–Trinajstić information content (AvgIpc) is 2.68. The van der Waals surface area contributed by atoms with Crippen LogP contribution in [0.1, 0.15) is 18.4 Å². The maximum atomic E-state index is 6.00. The Labute approximate surface area is 107 Å². The largest absolute Gasteiger partial charge is 0.439 e. The molecule has 0 aliphatic rings. The summed E-state index contributed by atoms with van der Waals surface area (Å²) in [5.74, 6) is 1.64. The lowest BCUT2D eigenvalue weighted by atomic mass is 10.2. The van der Waals surface area contributed by atoms with E-state index < -0.39 is 0 Å². The predicted octanol–water partition coefficient (Wildman–Crippen LogP) is 3.34. The number of hydrogen-bond donors (Lipinski definition) is 1. The molecule has 1 unspecified atom stereocenters. The van der Waals surface area contributed by atoms with E-state index in [9.17, 15) is 0 Å². The second-order valence-electron chi connectivity index (χ2n) is 3.55. The summed E-state index contributed by atoms with van der Waals surface area (Å²) in [6.45, 7) is 0. The van der Waals surface area contributed by atoms with Gasteiger partial charge < -0.3 is 10.2 Å². The molecule has 0 radical (unpaired) electrons. The van der Waals surface area contributed by atoms with Gasteiger partial charge in [-0.3, -0.25) is 0 Å². The Balaban J connectivity index is 2.25. The number of nitrogens with zero attached hydrogens (tertiary/aromatic N) is 1. The van der Waals surface area contributed by atoms with Crippen molar-refractivity contribution in [2.45, 2.75) is 12.5 Å². The molecule has 5 heteroatoms. The van der Waals surface area contributed by atoms with Crippen LogP contribution in [0.3, 0.4) is 0 Å². The van der Waals surface area contributed by atoms with Crippen molar-refractivity contribution in [3.05, 3.63) is 28.6 Å². The van der Waals surface area contributed by atoms with Crippen LogP contribution in [-0.2, 0) is 0 Å². The van der Waals surface area contributed by atoms with E-state index in [0.29, 0.717) is 5.89 Å². The quantitative estimate of drug-likeness (QED) is 0.941. The molecule has 1 heterocycles. The molecule has 0 fully saturated rings. The zero-order valence-corrected chi connectivity index (χ0v) is 11.3. The Morgan fingerprint density at radius 1 is 1.56 bits per heavy atom. The summed E-state index contributed by atoms with van der Waals surface area (Å²) >= 11 is 5.18. The van der Waals surface area contributed by atoms with Crippen molar-refractivity contribution in [1.82, 2.24) is 4.98 Å². The highest BCUT2D eigenvalue weighted by Crippen LogP contribution is 2.24. The molecular weight excluding hydrogens is 288 g/mol. The summed E-state index contributed by atoms with van der Waals surface area (Å²) in [5, 5.41) is 0. The number of nitrogens with two attached hydrogens (primary N) is 1. The minimum Gasteiger partial charge on any atom is -0.439 e. The molecule has 1 aromatic carbocycles. The molecule has 2 rings (SSSR count). The zero-order chi connectivity index (χ0) is 11.5. The molecule has 0 spiro atoms. The number of thioether (sulfide) groups is 1. The van der Waals surface area contributed by atoms with Gasteiger partial charge in [-0.25, -0.2) is 4.98 Å². The fraction of sp³-hybridized carbons (Fsp3) is 0.364. The second-order valence-corrected chi connectivity index (χ2v) is 5.45. The van der Waals surface area contributed by atoms with Crippen LogP contribution in [0.25, 0.3) is 11.1 Å². The van der Waals surface area contributed by atoms with Crippen LogP contribution < -0.4 is 5.73 Å². The van der Waals surface area contributed by atoms with Crippen LogP contribution in [0, 0.1) is 0 Å². The van der Waals surface area contributed by atoms with Crippen molar-refractivity contribution in [3.8, 4) is 0 Å². The van der Waals surface area contributed by atoms with E-state index in [1.165, 1.54) is 0 Å². The van der Waals surface area contributed by atoms with E-state index in [1.807, 2.05) is 18.2 Å². The molecule has 3 nitrogen and oxygen atoms in total. The van der Waals surface area contributed by atoms with E-state index in [-0.39, 0.29) is 6.04 Å². The van der Waals surface area contributed by atoms with Gasteiger partial charge in [0.1, 0.15) is 5.52 Å². The molecule has 0 bridgehead atoms. The number of fused-ring (bicyclic) bond motifs is 1. The first-order valence-electron chi connectivity index (χ1n) is 5.01. The van der Waals surface area contributed by atoms with Gasteiger partial charge in [0, 0.05) is 4.47 Å². The fourth-order valence-electron chi connectivity index (χ4n) is 1.45. The lowest BCUT2D eigenvalue weighted by Crippen LogP contribution is -2.11. The summed E-state index contributed by atoms with van der Waals surface area (Å²) in [5.41, 5.74) is 7.64. The number of oxazole rings is 1. The van der Waals surface area contributed by atoms with Crippen LogP contribution in [0.5, 0.6) is 0 Å². The number of hydrogen-bond acceptors (Lipinski definition) is 4. The van der Waals surface area contributed by atoms with Gasteiger partial charge in [-0.15, -0.1) is 0 Å². The number of halogens is 1. The van der Waals surface area contributed by atoms with Gasteiger partial charge in [0.15, 0.2) is 5.58 Å². The summed E-state index contributed by atoms with van der Waals surface area (Å²) in [6.07, 6.45) is 2.95. The lowest BCUT2D eigenvalue weighted by Gasteiger charge is -2.04. The Bertz CT molecular complexity index is 486. The maximum absolute atomic E-state index is 6.00. The van der Waals surface area contributed by atoms with Crippen molar-refractivity contribution >= 4 is 38.8 Å². The monoisotopic (exact) mass is 300 g/mol. The smallest absolute Gasteiger partial charge is 0.212 e. The van der Waals surface area contributed by atoms with Crippen LogP contribution in [-0.4, -0.2) is 17.0 Å². The number of rotatable bonds is 4. The first-order chi connectivity index (χ1) is 7.70. The average molecular weight is 301 g/mol. The van der Waals surface area contributed by atoms with Crippen LogP contribution in [0.4, 0.5) is 0 Å². The molecule has 0 aliphatic carbocycles. The minimum absolute atomic E-state index is 0.112. The van der Waals surface area contributed by atoms with E-state index in [1.54, 1.807) is 11.8 Å². The van der Waals surface area contributed by atoms with Crippen LogP contribution in [0.15, 0.2) is 27.1 Å². The highest BCUT2D eigenvalue weighted by atomic mass is 79.9. The van der Waals surface area contributed by atoms with Gasteiger partial charge >= 0.3 is 0 Å². The molecule has 0 saturated heterocycles. The standard InChI is InChI=1S/C11H13BrN2OS/c1-16-5-4-8(13)11-14-9-6-7(12)2-3-10(9)15-11/h2-3,6,8H,4-5,13H2,1H3. The van der Waals surface area contributed by atoms with Crippen molar-refractivity contribution in [2.24, 2.45) is 5.73 Å². The van der Waals surface area contributed by atoms with Gasteiger partial charge in [0.05, 0.1) is 6.04 Å². The van der Waals surface area contributed by atoms with Gasteiger partial charge in [-0.1, -0.05) is 15.9 Å². The third-order valence-corrected chi connectivity index (χ3v) is 3.45. The number of aromatic nitrogens is 1. The van der Waals surface area contributed by atoms with Crippen molar-refractivity contribution in [1.29, 1.82) is 0 Å². The van der Waals surface area contributed by atoms with Crippen molar-refractivity contribution < 1.29 is 4.42 Å². The van der Waals surface area contributed by atoms with E-state index in [0.717, 1.165) is 27.7 Å². The maximum Gasteiger partial charge on any atom is 0.212 e. The fourth-order valence-corrected chi connectivity index (χ4v) is 2.28. The van der Waals surface area contributed by atoms with Crippen molar-refractivity contribution in [3.63, 3.8) is 0 Å². The molecule has 0 amide bonds. The molecule has 0 saturated carbocycles. The predicted molar refractivity (Wildman–Crippen MR) is 71.6 cm³/mol. The summed E-state index contributed by atoms with van der Waals surface area (Å²) in [6, 6.07) is 5.66. The highest BCUT2D eigenvalue weighted by molar-refractivity contribution is 9.10. The highest BCUT2D eigenvalue weighted by Gasteiger charge is 2.13. The molecule has 2 N–H and O–H groups in total. The van der Waals surface area contributed by atoms with Crippen LogP contribution >= 0.6 is 27.7 Å². The third-order valence-electron chi connectivity index (χ3n) is 2.32. The molecule has 86 valence electrons. The van der Waals surface area contributed by atoms with Crippen molar-refractivity contribution in [2.75, 3.05) is 12.0 Å². The summed E-state index contributed by atoms with van der Waals surface area (Å²) in [4.78, 5) is 4.40. The third kappa shape index (κ3) is 2.59. The molecular formula is C11H13BrN2OS. The van der Waals surface area contributed by atoms with Crippen LogP contribution in [0.2, 0.25) is 0 Å². The molecule has 2 aromatic rings. The Morgan fingerprint density at radius 2 is 2.38 bits per heavy atom. The topological polar surface area (TPSA) is 52.0 Å². The molecule has 1 aromatic heterocycles. The second kappa shape index (κ2) is 5.21. The Kier molecular flexibility index (Phi) is 3.89. The van der Waals surface area contributed by atoms with Gasteiger partial charge in [0.2, 0.25) is 5.89 Å². The van der Waals surface area contributed by atoms with E-state index >= 15 is 0 Å². The minimum atomic E-state index is -0.112. The molecule has 1 atom stereocenters. The zero-order valence-electron chi connectivity index (χ0n) is 8.94. The first-order valence-corrected chi connectivity index (χ1v) is 7.20. The Morgan fingerprint density at radius 3 is 3.12 bits per heavy atom. The van der Waals surface area contributed by atoms with E-state index in [4.69, 9.17) is 10.2 Å². The summed E-state index contributed by atoms with van der Waals surface area (Å²) in [7, 11) is 0. The number of benzene rings is 1. The van der Waals surface area contributed by atoms with Gasteiger partial charge in [-0.05, 0) is 36.6 Å². The summed E-state index contributed by atoms with van der Waals surface area (Å²) < 4.78 is 6.61. The van der Waals surface area contributed by atoms with Gasteiger partial charge in [0.25, 0.3) is 0 Å². The van der Waals surface area contributed by atoms with Gasteiger partial charge in [-0.2, -0.15) is 11.8 Å². The molecule has 0 aliphatic heterocycles.